The molecular formula is C17H13Cl2N5S. The molecule has 3 rings (SSSR count). The summed E-state index contributed by atoms with van der Waals surface area (Å²) in [5.41, 5.74) is 2.27. The fraction of sp³-hybridized carbons (Fsp3) is 0.0588. The Bertz CT molecular complexity index is 976. The third-order valence-electron chi connectivity index (χ3n) is 3.30. The lowest BCUT2D eigenvalue weighted by atomic mass is 10.1. The largest absolute Gasteiger partial charge is 0.245 e. The van der Waals surface area contributed by atoms with Gasteiger partial charge in [0.2, 0.25) is 0 Å². The fourth-order valence-corrected chi connectivity index (χ4v) is 3.42. The van der Waals surface area contributed by atoms with Gasteiger partial charge in [0.15, 0.2) is 5.65 Å². The van der Waals surface area contributed by atoms with Crippen molar-refractivity contribution in [2.24, 2.45) is 0 Å². The molecule has 3 heterocycles. The molecule has 5 nitrogen and oxygen atoms in total. The zero-order valence-electron chi connectivity index (χ0n) is 13.2. The minimum absolute atomic E-state index is 0.345. The van der Waals surface area contributed by atoms with Crippen LogP contribution < -0.4 is 0 Å². The maximum atomic E-state index is 6.67. The summed E-state index contributed by atoms with van der Waals surface area (Å²) in [5, 5.41) is 5.88. The van der Waals surface area contributed by atoms with Gasteiger partial charge in [0.05, 0.1) is 23.6 Å². The Labute approximate surface area is 159 Å². The Morgan fingerprint density at radius 3 is 2.76 bits per heavy atom. The number of nitrogens with zero attached hydrogens (tertiary/aromatic N) is 5. The van der Waals surface area contributed by atoms with Crippen LogP contribution in [0.5, 0.6) is 0 Å². The molecule has 8 heteroatoms. The van der Waals surface area contributed by atoms with E-state index in [1.807, 2.05) is 25.3 Å². The van der Waals surface area contributed by atoms with Crippen LogP contribution in [0.4, 0.5) is 0 Å². The molecule has 0 bridgehead atoms. The van der Waals surface area contributed by atoms with Gasteiger partial charge in [-0.05, 0) is 13.0 Å². The van der Waals surface area contributed by atoms with Crippen LogP contribution in [0.2, 0.25) is 5.15 Å². The van der Waals surface area contributed by atoms with E-state index in [4.69, 9.17) is 23.2 Å². The van der Waals surface area contributed by atoms with Crippen molar-refractivity contribution in [3.8, 4) is 0 Å². The predicted octanol–water partition coefficient (Wildman–Crippen LogP) is 5.00. The Hall–Kier alpha value is -2.15. The first-order valence-corrected chi connectivity index (χ1v) is 8.84. The van der Waals surface area contributed by atoms with Crippen LogP contribution in [0.25, 0.3) is 11.2 Å². The van der Waals surface area contributed by atoms with Crippen molar-refractivity contribution in [3.63, 3.8) is 0 Å². The zero-order valence-corrected chi connectivity index (χ0v) is 15.6. The monoisotopic (exact) mass is 389 g/mol. The Morgan fingerprint density at radius 2 is 2.08 bits per heavy atom. The van der Waals surface area contributed by atoms with Crippen LogP contribution in [0.3, 0.4) is 0 Å². The maximum absolute atomic E-state index is 6.67. The van der Waals surface area contributed by atoms with Crippen LogP contribution in [-0.4, -0.2) is 24.6 Å². The molecular weight excluding hydrogens is 377 g/mol. The van der Waals surface area contributed by atoms with Crippen LogP contribution in [0.1, 0.15) is 12.5 Å². The summed E-state index contributed by atoms with van der Waals surface area (Å²) in [6.07, 6.45) is 12.0. The molecule has 0 amide bonds. The van der Waals surface area contributed by atoms with E-state index in [1.54, 1.807) is 29.2 Å². The summed E-state index contributed by atoms with van der Waals surface area (Å²) in [5.74, 6) is 0. The van der Waals surface area contributed by atoms with Crippen LogP contribution in [-0.2, 0) is 0 Å². The number of aromatic nitrogens is 5. The van der Waals surface area contributed by atoms with E-state index in [0.29, 0.717) is 20.9 Å². The topological polar surface area (TPSA) is 56.0 Å². The quantitative estimate of drug-likeness (QED) is 0.453. The molecule has 0 aliphatic rings. The molecule has 3 aromatic heterocycles. The molecule has 0 aliphatic heterocycles. The van der Waals surface area contributed by atoms with Gasteiger partial charge in [0, 0.05) is 28.4 Å². The van der Waals surface area contributed by atoms with Crippen molar-refractivity contribution in [2.75, 3.05) is 0 Å². The van der Waals surface area contributed by atoms with Crippen molar-refractivity contribution >= 4 is 46.2 Å². The smallest absolute Gasteiger partial charge is 0.162 e. The first-order valence-electron chi connectivity index (χ1n) is 7.27. The maximum Gasteiger partial charge on any atom is 0.162 e. The lowest BCUT2D eigenvalue weighted by molar-refractivity contribution is 0.939. The van der Waals surface area contributed by atoms with E-state index >= 15 is 0 Å². The van der Waals surface area contributed by atoms with Gasteiger partial charge in [0.25, 0.3) is 0 Å². The van der Waals surface area contributed by atoms with Crippen molar-refractivity contribution in [1.82, 2.24) is 24.6 Å². The average Bonchev–Trinajstić information content (AvgIpc) is 3.06. The summed E-state index contributed by atoms with van der Waals surface area (Å²) in [6, 6.07) is 1.81. The lowest BCUT2D eigenvalue weighted by Crippen LogP contribution is -1.91. The van der Waals surface area contributed by atoms with Crippen molar-refractivity contribution in [1.29, 1.82) is 0 Å². The molecule has 0 atom stereocenters. The van der Waals surface area contributed by atoms with E-state index in [1.165, 1.54) is 18.0 Å². The number of hydrogen-bond acceptors (Lipinski definition) is 5. The molecule has 0 aliphatic carbocycles. The summed E-state index contributed by atoms with van der Waals surface area (Å²) in [4.78, 5) is 13.5. The second-order valence-corrected chi connectivity index (χ2v) is 6.64. The molecule has 0 N–H and O–H groups in total. The van der Waals surface area contributed by atoms with E-state index in [2.05, 4.69) is 26.6 Å². The number of allylic oxidation sites excluding steroid dienone is 4. The Morgan fingerprint density at radius 1 is 1.24 bits per heavy atom. The van der Waals surface area contributed by atoms with Crippen molar-refractivity contribution in [3.05, 3.63) is 76.4 Å². The standard InChI is InChI=1S/C17H13Cl2N5S/c1-3-11(12-8-23-24-7-5-6-20-17(12)24)16(19)13(4-2)25-15-10-21-14(18)9-22-15/h3-10H,1H2,2H3/b13-4+,16-11-. The van der Waals surface area contributed by atoms with Crippen LogP contribution in [0.15, 0.2) is 70.7 Å². The van der Waals surface area contributed by atoms with E-state index in [-0.39, 0.29) is 0 Å². The van der Waals surface area contributed by atoms with Gasteiger partial charge in [-0.25, -0.2) is 19.5 Å². The summed E-state index contributed by atoms with van der Waals surface area (Å²) in [7, 11) is 0. The number of fused-ring (bicyclic) bond motifs is 1. The first kappa shape index (κ1) is 17.7. The van der Waals surface area contributed by atoms with Gasteiger partial charge in [-0.1, -0.05) is 53.7 Å². The zero-order chi connectivity index (χ0) is 17.8. The third-order valence-corrected chi connectivity index (χ3v) is 5.09. The van der Waals surface area contributed by atoms with Gasteiger partial charge in [-0.2, -0.15) is 5.10 Å². The first-order chi connectivity index (χ1) is 12.1. The molecule has 0 unspecified atom stereocenters. The Kier molecular flexibility index (Phi) is 5.53. The number of halogens is 2. The lowest BCUT2D eigenvalue weighted by Gasteiger charge is -2.09. The highest BCUT2D eigenvalue weighted by molar-refractivity contribution is 8.03. The molecule has 25 heavy (non-hydrogen) atoms. The molecule has 0 aromatic carbocycles. The number of thioether (sulfide) groups is 1. The molecule has 0 fully saturated rings. The summed E-state index contributed by atoms with van der Waals surface area (Å²) < 4.78 is 1.69. The fourth-order valence-electron chi connectivity index (χ4n) is 2.16. The highest BCUT2D eigenvalue weighted by Gasteiger charge is 2.15. The second-order valence-electron chi connectivity index (χ2n) is 4.81. The SMILES string of the molecule is C=C/C(=C(Cl)\C(=C/C)Sc1cnc(Cl)cn1)c1cnn2cccnc12. The Balaban J connectivity index is 2.02. The number of rotatable bonds is 5. The molecule has 3 aromatic rings. The van der Waals surface area contributed by atoms with E-state index in [9.17, 15) is 0 Å². The van der Waals surface area contributed by atoms with Gasteiger partial charge >= 0.3 is 0 Å². The molecule has 0 saturated heterocycles. The van der Waals surface area contributed by atoms with Gasteiger partial charge < -0.3 is 0 Å². The van der Waals surface area contributed by atoms with Crippen molar-refractivity contribution < 1.29 is 0 Å². The summed E-state index contributed by atoms with van der Waals surface area (Å²) >= 11 is 13.8. The minimum Gasteiger partial charge on any atom is -0.245 e. The van der Waals surface area contributed by atoms with E-state index in [0.717, 1.165) is 16.0 Å². The van der Waals surface area contributed by atoms with Gasteiger partial charge in [-0.3, -0.25) is 0 Å². The minimum atomic E-state index is 0.345. The predicted molar refractivity (Wildman–Crippen MR) is 103 cm³/mol. The van der Waals surface area contributed by atoms with Gasteiger partial charge in [-0.15, -0.1) is 0 Å². The molecule has 0 saturated carbocycles. The van der Waals surface area contributed by atoms with Crippen molar-refractivity contribution in [2.45, 2.75) is 11.9 Å². The third kappa shape index (κ3) is 3.76. The second kappa shape index (κ2) is 7.82. The number of hydrogen-bond donors (Lipinski definition) is 0. The molecule has 0 radical (unpaired) electrons. The molecule has 0 spiro atoms. The van der Waals surface area contributed by atoms with Crippen LogP contribution in [0, 0.1) is 0 Å². The van der Waals surface area contributed by atoms with E-state index < -0.39 is 0 Å². The van der Waals surface area contributed by atoms with Crippen LogP contribution >= 0.6 is 35.0 Å². The highest BCUT2D eigenvalue weighted by Crippen LogP contribution is 2.37. The highest BCUT2D eigenvalue weighted by atomic mass is 35.5. The van der Waals surface area contributed by atoms with Gasteiger partial charge in [0.1, 0.15) is 10.2 Å². The normalized spacial score (nSPS) is 13.0. The summed E-state index contributed by atoms with van der Waals surface area (Å²) in [6.45, 7) is 5.80. The molecule has 126 valence electrons. The average molecular weight is 390 g/mol.